The maximum atomic E-state index is 12.1. The molecule has 3 rings (SSSR count). The van der Waals surface area contributed by atoms with E-state index in [2.05, 4.69) is 20.0 Å². The molecule has 2 heterocycles. The van der Waals surface area contributed by atoms with Crippen LogP contribution in [0.1, 0.15) is 10.6 Å². The number of hydrogen-bond donors (Lipinski definition) is 1. The Bertz CT molecular complexity index is 823. The van der Waals surface area contributed by atoms with Crippen LogP contribution in [0.3, 0.4) is 0 Å². The lowest BCUT2D eigenvalue weighted by atomic mass is 10.2. The summed E-state index contributed by atoms with van der Waals surface area (Å²) in [6.45, 7) is 2.21. The van der Waals surface area contributed by atoms with Gasteiger partial charge in [-0.25, -0.2) is 13.1 Å². The van der Waals surface area contributed by atoms with Crippen LogP contribution in [-0.2, 0) is 16.4 Å². The summed E-state index contributed by atoms with van der Waals surface area (Å²) in [4.78, 5) is 0.970. The van der Waals surface area contributed by atoms with E-state index in [0.717, 1.165) is 10.6 Å². The Balaban J connectivity index is 1.64. The monoisotopic (exact) mass is 323 g/mol. The van der Waals surface area contributed by atoms with Crippen molar-refractivity contribution in [2.75, 3.05) is 6.54 Å². The molecular formula is C12H13N5O2S2. The van der Waals surface area contributed by atoms with Crippen molar-refractivity contribution in [1.29, 1.82) is 0 Å². The van der Waals surface area contributed by atoms with Crippen molar-refractivity contribution in [3.63, 3.8) is 0 Å². The van der Waals surface area contributed by atoms with E-state index in [1.54, 1.807) is 28.8 Å². The fraction of sp³-hybridized carbons (Fsp3) is 0.250. The molecule has 110 valence electrons. The van der Waals surface area contributed by atoms with E-state index in [1.807, 2.05) is 6.92 Å². The molecule has 1 aromatic carbocycles. The third-order valence-electron chi connectivity index (χ3n) is 2.89. The first-order valence-electron chi connectivity index (χ1n) is 6.27. The van der Waals surface area contributed by atoms with Crippen molar-refractivity contribution < 1.29 is 8.42 Å². The summed E-state index contributed by atoms with van der Waals surface area (Å²) < 4.78 is 28.4. The average molecular weight is 323 g/mol. The van der Waals surface area contributed by atoms with E-state index >= 15 is 0 Å². The van der Waals surface area contributed by atoms with E-state index in [1.165, 1.54) is 17.7 Å². The lowest BCUT2D eigenvalue weighted by molar-refractivity contribution is 0.581. The van der Waals surface area contributed by atoms with Crippen molar-refractivity contribution >= 4 is 26.3 Å². The third-order valence-corrected chi connectivity index (χ3v) is 5.34. The largest absolute Gasteiger partial charge is 0.240 e. The first kappa shape index (κ1) is 14.1. The Labute approximate surface area is 125 Å². The van der Waals surface area contributed by atoms with E-state index in [4.69, 9.17) is 0 Å². The van der Waals surface area contributed by atoms with Gasteiger partial charge in [0.2, 0.25) is 15.0 Å². The Morgan fingerprint density at radius 3 is 2.76 bits per heavy atom. The number of nitrogens with zero attached hydrogens (tertiary/aromatic N) is 4. The Morgan fingerprint density at radius 2 is 2.05 bits per heavy atom. The maximum absolute atomic E-state index is 12.1. The highest BCUT2D eigenvalue weighted by Crippen LogP contribution is 2.13. The summed E-state index contributed by atoms with van der Waals surface area (Å²) in [6, 6.07) is 6.75. The zero-order valence-corrected chi connectivity index (χ0v) is 12.9. The number of rotatable bonds is 5. The van der Waals surface area contributed by atoms with Gasteiger partial charge in [-0.05, 0) is 19.1 Å². The number of fused-ring (bicyclic) bond motifs is 1. The topological polar surface area (TPSA) is 89.2 Å². The van der Waals surface area contributed by atoms with E-state index < -0.39 is 10.0 Å². The zero-order chi connectivity index (χ0) is 14.9. The minimum Gasteiger partial charge on any atom is -0.211 e. The van der Waals surface area contributed by atoms with E-state index in [-0.39, 0.29) is 4.90 Å². The normalized spacial score (nSPS) is 12.0. The Morgan fingerprint density at radius 1 is 1.29 bits per heavy atom. The summed E-state index contributed by atoms with van der Waals surface area (Å²) in [5.41, 5.74) is 1.02. The number of benzene rings is 1. The van der Waals surface area contributed by atoms with Gasteiger partial charge in [-0.15, -0.1) is 10.2 Å². The molecule has 0 saturated heterocycles. The maximum Gasteiger partial charge on any atom is 0.240 e. The van der Waals surface area contributed by atoms with Gasteiger partial charge in [0.25, 0.3) is 0 Å². The fourth-order valence-corrected chi connectivity index (χ4v) is 3.64. The smallest absolute Gasteiger partial charge is 0.211 e. The molecule has 0 fully saturated rings. The highest BCUT2D eigenvalue weighted by molar-refractivity contribution is 7.89. The molecule has 0 amide bonds. The Hall–Kier alpha value is -1.84. The van der Waals surface area contributed by atoms with Gasteiger partial charge in [-0.2, -0.15) is 9.61 Å². The second-order valence-electron chi connectivity index (χ2n) is 4.51. The third kappa shape index (κ3) is 3.09. The van der Waals surface area contributed by atoms with Gasteiger partial charge in [0.15, 0.2) is 0 Å². The van der Waals surface area contributed by atoms with E-state index in [0.29, 0.717) is 17.9 Å². The molecule has 0 radical (unpaired) electrons. The summed E-state index contributed by atoms with van der Waals surface area (Å²) in [7, 11) is -3.47. The molecule has 0 saturated carbocycles. The molecular weight excluding hydrogens is 310 g/mol. The first-order valence-corrected chi connectivity index (χ1v) is 8.57. The minimum atomic E-state index is -3.47. The van der Waals surface area contributed by atoms with Crippen molar-refractivity contribution in [2.45, 2.75) is 18.2 Å². The van der Waals surface area contributed by atoms with E-state index in [9.17, 15) is 8.42 Å². The van der Waals surface area contributed by atoms with Crippen LogP contribution < -0.4 is 4.72 Å². The quantitative estimate of drug-likeness (QED) is 0.757. The molecule has 7 nitrogen and oxygen atoms in total. The highest BCUT2D eigenvalue weighted by Gasteiger charge is 2.13. The SMILES string of the molecule is Cc1ccc(S(=O)(=O)NCCc2nn3cnnc3s2)cc1. The first-order chi connectivity index (χ1) is 10.0. The molecule has 0 spiro atoms. The molecule has 1 N–H and O–H groups in total. The van der Waals surface area contributed by atoms with Gasteiger partial charge in [0, 0.05) is 13.0 Å². The van der Waals surface area contributed by atoms with Gasteiger partial charge < -0.3 is 0 Å². The van der Waals surface area contributed by atoms with Gasteiger partial charge in [0.05, 0.1) is 4.90 Å². The van der Waals surface area contributed by atoms with Gasteiger partial charge in [0.1, 0.15) is 11.3 Å². The molecule has 0 aliphatic heterocycles. The zero-order valence-electron chi connectivity index (χ0n) is 11.2. The highest BCUT2D eigenvalue weighted by atomic mass is 32.2. The Kier molecular flexibility index (Phi) is 3.70. The van der Waals surface area contributed by atoms with Gasteiger partial charge >= 0.3 is 0 Å². The number of aromatic nitrogens is 4. The van der Waals surface area contributed by atoms with Crippen LogP contribution in [-0.4, -0.2) is 34.8 Å². The van der Waals surface area contributed by atoms with Crippen LogP contribution in [0.2, 0.25) is 0 Å². The number of aryl methyl sites for hydroxylation is 1. The number of hydrogen-bond acceptors (Lipinski definition) is 6. The predicted molar refractivity (Wildman–Crippen MR) is 78.7 cm³/mol. The van der Waals surface area contributed by atoms with Crippen LogP contribution in [0.4, 0.5) is 0 Å². The second kappa shape index (κ2) is 5.51. The predicted octanol–water partition coefficient (Wildman–Crippen LogP) is 1.02. The minimum absolute atomic E-state index is 0.270. The summed E-state index contributed by atoms with van der Waals surface area (Å²) in [5, 5.41) is 12.7. The van der Waals surface area contributed by atoms with Crippen LogP contribution in [0, 0.1) is 6.92 Å². The summed E-state index contributed by atoms with van der Waals surface area (Å²) in [6.07, 6.45) is 2.03. The van der Waals surface area contributed by atoms with Gasteiger partial charge in [-0.1, -0.05) is 29.0 Å². The lowest BCUT2D eigenvalue weighted by Gasteiger charge is -2.05. The molecule has 0 aliphatic carbocycles. The molecule has 0 bridgehead atoms. The number of nitrogens with one attached hydrogen (secondary N) is 1. The van der Waals surface area contributed by atoms with Gasteiger partial charge in [-0.3, -0.25) is 0 Å². The summed E-state index contributed by atoms with van der Waals surface area (Å²) >= 11 is 1.40. The second-order valence-corrected chi connectivity index (χ2v) is 7.32. The average Bonchev–Trinajstić information content (AvgIpc) is 3.00. The molecule has 9 heteroatoms. The van der Waals surface area contributed by atoms with Crippen molar-refractivity contribution in [3.8, 4) is 0 Å². The molecule has 0 atom stereocenters. The molecule has 0 unspecified atom stereocenters. The lowest BCUT2D eigenvalue weighted by Crippen LogP contribution is -2.26. The van der Waals surface area contributed by atoms with Crippen molar-refractivity contribution in [1.82, 2.24) is 24.5 Å². The molecule has 0 aliphatic rings. The van der Waals surface area contributed by atoms with Crippen LogP contribution in [0.5, 0.6) is 0 Å². The van der Waals surface area contributed by atoms with Crippen LogP contribution in [0.25, 0.3) is 4.96 Å². The standard InChI is InChI=1S/C12H13N5O2S2/c1-9-2-4-10(5-3-9)21(18,19)14-7-6-11-16-17-8-13-15-12(17)20-11/h2-5,8,14H,6-7H2,1H3. The van der Waals surface area contributed by atoms with Crippen molar-refractivity contribution in [2.24, 2.45) is 0 Å². The van der Waals surface area contributed by atoms with Crippen LogP contribution in [0.15, 0.2) is 35.5 Å². The number of sulfonamides is 1. The molecule has 21 heavy (non-hydrogen) atoms. The molecule has 2 aromatic heterocycles. The molecule has 3 aromatic rings. The van der Waals surface area contributed by atoms with Crippen molar-refractivity contribution in [3.05, 3.63) is 41.2 Å². The fourth-order valence-electron chi connectivity index (χ4n) is 1.80. The van der Waals surface area contributed by atoms with Crippen LogP contribution >= 0.6 is 11.3 Å². The summed E-state index contributed by atoms with van der Waals surface area (Å²) in [5.74, 6) is 0.